The van der Waals surface area contributed by atoms with Crippen LogP contribution in [0.5, 0.6) is 0 Å². The van der Waals surface area contributed by atoms with Crippen molar-refractivity contribution < 1.29 is 14.7 Å². The van der Waals surface area contributed by atoms with Gasteiger partial charge in [0.2, 0.25) is 5.91 Å². The van der Waals surface area contributed by atoms with Crippen LogP contribution >= 0.6 is 0 Å². The third kappa shape index (κ3) is 1.73. The lowest BCUT2D eigenvalue weighted by atomic mass is 9.62. The van der Waals surface area contributed by atoms with Crippen LogP contribution in [0.15, 0.2) is 18.2 Å². The quantitative estimate of drug-likeness (QED) is 0.766. The van der Waals surface area contributed by atoms with E-state index in [9.17, 15) is 14.7 Å². The monoisotopic (exact) mass is 260 g/mol. The lowest BCUT2D eigenvalue weighted by molar-refractivity contribution is -0.156. The fourth-order valence-corrected chi connectivity index (χ4v) is 2.98. The second-order valence-corrected chi connectivity index (χ2v) is 5.43. The molecule has 2 aliphatic rings. The van der Waals surface area contributed by atoms with E-state index < -0.39 is 17.4 Å². The third-order valence-corrected chi connectivity index (χ3v) is 4.38. The molecule has 1 saturated carbocycles. The number of anilines is 1. The zero-order chi connectivity index (χ0) is 13.6. The van der Waals surface area contributed by atoms with Crippen LogP contribution in [0, 0.1) is 5.41 Å². The Hall–Kier alpha value is -1.88. The van der Waals surface area contributed by atoms with Gasteiger partial charge >= 0.3 is 5.97 Å². The summed E-state index contributed by atoms with van der Waals surface area (Å²) in [5, 5.41) is 12.2. The van der Waals surface area contributed by atoms with Crippen LogP contribution in [-0.2, 0) is 16.0 Å². The Labute approximate surface area is 110 Å². The number of rotatable bonds is 3. The van der Waals surface area contributed by atoms with Crippen molar-refractivity contribution in [3.8, 4) is 0 Å². The zero-order valence-corrected chi connectivity index (χ0v) is 10.5. The molecule has 3 rings (SSSR count). The number of hydrogen-bond acceptors (Lipinski definition) is 3. The Morgan fingerprint density at radius 2 is 2.16 bits per heavy atom. The minimum Gasteiger partial charge on any atom is -0.481 e. The van der Waals surface area contributed by atoms with E-state index in [1.54, 1.807) is 0 Å². The van der Waals surface area contributed by atoms with E-state index >= 15 is 0 Å². The molecule has 0 aromatic heterocycles. The lowest BCUT2D eigenvalue weighted by Crippen LogP contribution is -2.46. The van der Waals surface area contributed by atoms with Crippen molar-refractivity contribution in [1.29, 1.82) is 0 Å². The van der Waals surface area contributed by atoms with Crippen molar-refractivity contribution in [2.45, 2.75) is 31.7 Å². The molecule has 19 heavy (non-hydrogen) atoms. The average Bonchev–Trinajstić information content (AvgIpc) is 2.65. The number of benzene rings is 1. The molecule has 1 aromatic rings. The summed E-state index contributed by atoms with van der Waals surface area (Å²) in [5.41, 5.74) is 7.86. The van der Waals surface area contributed by atoms with E-state index in [4.69, 9.17) is 5.73 Å². The molecule has 1 unspecified atom stereocenters. The molecule has 4 N–H and O–H groups in total. The van der Waals surface area contributed by atoms with Gasteiger partial charge in [-0.15, -0.1) is 0 Å². The minimum absolute atomic E-state index is 0.0303. The summed E-state index contributed by atoms with van der Waals surface area (Å²) >= 11 is 0. The van der Waals surface area contributed by atoms with Gasteiger partial charge in [-0.3, -0.25) is 9.59 Å². The molecule has 0 radical (unpaired) electrons. The molecule has 1 aromatic carbocycles. The maximum Gasteiger partial charge on any atom is 0.311 e. The van der Waals surface area contributed by atoms with Crippen LogP contribution in [0.3, 0.4) is 0 Å². The normalized spacial score (nSPS) is 21.2. The highest BCUT2D eigenvalue weighted by atomic mass is 16.4. The molecule has 5 heteroatoms. The summed E-state index contributed by atoms with van der Waals surface area (Å²) in [7, 11) is 0. The summed E-state index contributed by atoms with van der Waals surface area (Å²) in [5.74, 6) is -0.849. The Morgan fingerprint density at radius 3 is 2.74 bits per heavy atom. The SMILES string of the molecule is NC(c1ccc2c(c1)CC(=O)N2)C1(C(=O)O)CCC1. The maximum absolute atomic E-state index is 11.5. The van der Waals surface area contributed by atoms with Gasteiger partial charge in [-0.05, 0) is 30.0 Å². The molecule has 0 bridgehead atoms. The van der Waals surface area contributed by atoms with E-state index in [-0.39, 0.29) is 5.91 Å². The van der Waals surface area contributed by atoms with E-state index in [2.05, 4.69) is 5.32 Å². The Bertz CT molecular complexity index is 564. The summed E-state index contributed by atoms with van der Waals surface area (Å²) < 4.78 is 0. The first-order chi connectivity index (χ1) is 9.03. The van der Waals surface area contributed by atoms with E-state index in [1.165, 1.54) is 0 Å². The van der Waals surface area contributed by atoms with Crippen molar-refractivity contribution in [3.63, 3.8) is 0 Å². The molecule has 5 nitrogen and oxygen atoms in total. The highest BCUT2D eigenvalue weighted by Gasteiger charge is 2.49. The van der Waals surface area contributed by atoms with Crippen LogP contribution < -0.4 is 11.1 Å². The minimum atomic E-state index is -0.829. The number of hydrogen-bond donors (Lipinski definition) is 3. The number of nitrogens with two attached hydrogens (primary N) is 1. The second kappa shape index (κ2) is 4.06. The van der Waals surface area contributed by atoms with Crippen LogP contribution in [0.25, 0.3) is 0 Å². The number of carbonyl (C=O) groups excluding carboxylic acids is 1. The van der Waals surface area contributed by atoms with Gasteiger partial charge in [-0.25, -0.2) is 0 Å². The average molecular weight is 260 g/mol. The summed E-state index contributed by atoms with van der Waals surface area (Å²) in [6.45, 7) is 0. The van der Waals surface area contributed by atoms with Crippen LogP contribution in [0.4, 0.5) is 5.69 Å². The summed E-state index contributed by atoms with van der Waals surface area (Å²) in [4.78, 5) is 22.8. The highest BCUT2D eigenvalue weighted by molar-refractivity contribution is 5.99. The van der Waals surface area contributed by atoms with Crippen molar-refractivity contribution >= 4 is 17.6 Å². The predicted octanol–water partition coefficient (Wildman–Crippen LogP) is 1.44. The fourth-order valence-electron chi connectivity index (χ4n) is 2.98. The van der Waals surface area contributed by atoms with Crippen molar-refractivity contribution in [2.24, 2.45) is 11.1 Å². The van der Waals surface area contributed by atoms with Gasteiger partial charge in [0.25, 0.3) is 0 Å². The van der Waals surface area contributed by atoms with E-state index in [0.29, 0.717) is 19.3 Å². The van der Waals surface area contributed by atoms with Crippen LogP contribution in [0.1, 0.15) is 36.4 Å². The Balaban J connectivity index is 1.93. The molecular weight excluding hydrogens is 244 g/mol. The number of fused-ring (bicyclic) bond motifs is 1. The van der Waals surface area contributed by atoms with E-state index in [1.807, 2.05) is 18.2 Å². The maximum atomic E-state index is 11.5. The van der Waals surface area contributed by atoms with Crippen molar-refractivity contribution in [1.82, 2.24) is 0 Å². The standard InChI is InChI=1S/C14H16N2O3/c15-12(14(13(18)19)4-1-5-14)8-2-3-10-9(6-8)7-11(17)16-10/h2-3,6,12H,1,4-5,7,15H2,(H,16,17)(H,18,19). The topological polar surface area (TPSA) is 92.4 Å². The first kappa shape index (κ1) is 12.2. The molecule has 0 saturated heterocycles. The molecule has 100 valence electrons. The van der Waals surface area contributed by atoms with Gasteiger partial charge < -0.3 is 16.2 Å². The Kier molecular flexibility index (Phi) is 2.60. The van der Waals surface area contributed by atoms with Gasteiger partial charge in [0.1, 0.15) is 0 Å². The number of carboxylic acid groups (broad SMARTS) is 1. The first-order valence-corrected chi connectivity index (χ1v) is 6.44. The lowest BCUT2D eigenvalue weighted by Gasteiger charge is -2.42. The number of carboxylic acids is 1. The van der Waals surface area contributed by atoms with Crippen molar-refractivity contribution in [2.75, 3.05) is 5.32 Å². The molecule has 1 atom stereocenters. The van der Waals surface area contributed by atoms with Gasteiger partial charge in [0.15, 0.2) is 0 Å². The number of carbonyl (C=O) groups is 2. The zero-order valence-electron chi connectivity index (χ0n) is 10.5. The number of aliphatic carboxylic acids is 1. The van der Waals surface area contributed by atoms with Gasteiger partial charge in [0, 0.05) is 11.7 Å². The molecule has 0 spiro atoms. The molecule has 1 heterocycles. The molecule has 1 amide bonds. The second-order valence-electron chi connectivity index (χ2n) is 5.43. The van der Waals surface area contributed by atoms with Gasteiger partial charge in [-0.1, -0.05) is 18.6 Å². The number of amides is 1. The molecule has 1 aliphatic heterocycles. The fraction of sp³-hybridized carbons (Fsp3) is 0.429. The number of nitrogens with one attached hydrogen (secondary N) is 1. The smallest absolute Gasteiger partial charge is 0.311 e. The van der Waals surface area contributed by atoms with Crippen LogP contribution in [0.2, 0.25) is 0 Å². The van der Waals surface area contributed by atoms with Gasteiger partial charge in [-0.2, -0.15) is 0 Å². The summed E-state index contributed by atoms with van der Waals surface area (Å²) in [6, 6.07) is 4.97. The van der Waals surface area contributed by atoms with Gasteiger partial charge in [0.05, 0.1) is 11.8 Å². The molecule has 1 aliphatic carbocycles. The summed E-state index contributed by atoms with van der Waals surface area (Å²) in [6.07, 6.45) is 2.50. The van der Waals surface area contributed by atoms with Crippen molar-refractivity contribution in [3.05, 3.63) is 29.3 Å². The highest BCUT2D eigenvalue weighted by Crippen LogP contribution is 2.49. The molecule has 1 fully saturated rings. The molecular formula is C14H16N2O3. The third-order valence-electron chi connectivity index (χ3n) is 4.38. The Morgan fingerprint density at radius 1 is 1.42 bits per heavy atom. The predicted molar refractivity (Wildman–Crippen MR) is 69.6 cm³/mol. The van der Waals surface area contributed by atoms with E-state index in [0.717, 1.165) is 23.2 Å². The first-order valence-electron chi connectivity index (χ1n) is 6.44. The largest absolute Gasteiger partial charge is 0.481 e. The van der Waals surface area contributed by atoms with Crippen LogP contribution in [-0.4, -0.2) is 17.0 Å².